The highest BCUT2D eigenvalue weighted by Crippen LogP contribution is 2.17. The van der Waals surface area contributed by atoms with Crippen molar-refractivity contribution in [1.29, 1.82) is 0 Å². The Labute approximate surface area is 96.9 Å². The van der Waals surface area contributed by atoms with Crippen LogP contribution < -0.4 is 5.32 Å². The summed E-state index contributed by atoms with van der Waals surface area (Å²) in [5.74, 6) is -0.219. The van der Waals surface area contributed by atoms with Crippen molar-refractivity contribution in [2.45, 2.75) is 19.0 Å². The van der Waals surface area contributed by atoms with Gasteiger partial charge in [0.1, 0.15) is 5.82 Å². The quantitative estimate of drug-likeness (QED) is 0.914. The zero-order valence-electron chi connectivity index (χ0n) is 8.30. The monoisotopic (exact) mass is 273 g/mol. The van der Waals surface area contributed by atoms with Gasteiger partial charge in [0, 0.05) is 19.2 Å². The van der Waals surface area contributed by atoms with Crippen LogP contribution in [-0.2, 0) is 11.3 Å². The topological polar surface area (TPSA) is 21.3 Å². The number of benzene rings is 1. The molecule has 1 unspecified atom stereocenters. The molecule has 82 valence electrons. The first-order valence-electron chi connectivity index (χ1n) is 5.01. The van der Waals surface area contributed by atoms with Crippen LogP contribution in [-0.4, -0.2) is 19.3 Å². The van der Waals surface area contributed by atoms with Crippen LogP contribution in [0.5, 0.6) is 0 Å². The van der Waals surface area contributed by atoms with Gasteiger partial charge in [0.05, 0.1) is 11.1 Å². The molecule has 1 aliphatic heterocycles. The predicted octanol–water partition coefficient (Wildman–Crippen LogP) is 2.47. The number of halogens is 2. The van der Waals surface area contributed by atoms with E-state index in [0.717, 1.165) is 31.7 Å². The van der Waals surface area contributed by atoms with Crippen molar-refractivity contribution in [2.24, 2.45) is 0 Å². The minimum Gasteiger partial charge on any atom is -0.380 e. The molecule has 1 saturated heterocycles. The van der Waals surface area contributed by atoms with Gasteiger partial charge in [-0.1, -0.05) is 6.07 Å². The van der Waals surface area contributed by atoms with Crippen molar-refractivity contribution < 1.29 is 9.13 Å². The minimum absolute atomic E-state index is 0.219. The minimum atomic E-state index is -0.219. The number of rotatable bonds is 3. The normalized spacial score (nSPS) is 20.8. The van der Waals surface area contributed by atoms with Crippen molar-refractivity contribution >= 4 is 15.9 Å². The maximum atomic E-state index is 13.0. The molecular weight excluding hydrogens is 261 g/mol. The second-order valence-corrected chi connectivity index (χ2v) is 4.54. The second-order valence-electron chi connectivity index (χ2n) is 3.69. The molecule has 0 aliphatic carbocycles. The summed E-state index contributed by atoms with van der Waals surface area (Å²) in [5.41, 5.74) is 1.08. The highest BCUT2D eigenvalue weighted by Gasteiger charge is 2.14. The smallest absolute Gasteiger partial charge is 0.137 e. The van der Waals surface area contributed by atoms with Gasteiger partial charge in [-0.3, -0.25) is 0 Å². The average Bonchev–Trinajstić information content (AvgIpc) is 2.73. The Morgan fingerprint density at radius 1 is 1.53 bits per heavy atom. The Kier molecular flexibility index (Phi) is 3.72. The molecule has 0 saturated carbocycles. The first-order chi connectivity index (χ1) is 7.25. The summed E-state index contributed by atoms with van der Waals surface area (Å²) < 4.78 is 18.7. The van der Waals surface area contributed by atoms with Crippen molar-refractivity contribution in [3.05, 3.63) is 34.1 Å². The fraction of sp³-hybridized carbons (Fsp3) is 0.455. The summed E-state index contributed by atoms with van der Waals surface area (Å²) in [7, 11) is 0. The number of ether oxygens (including phenoxy) is 1. The van der Waals surface area contributed by atoms with Crippen LogP contribution in [0.1, 0.15) is 12.0 Å². The molecule has 1 fully saturated rings. The van der Waals surface area contributed by atoms with Crippen LogP contribution in [0.15, 0.2) is 22.7 Å². The molecule has 1 aromatic rings. The van der Waals surface area contributed by atoms with Crippen molar-refractivity contribution in [1.82, 2.24) is 5.32 Å². The third-order valence-electron chi connectivity index (χ3n) is 2.51. The lowest BCUT2D eigenvalue weighted by molar-refractivity contribution is 0.190. The fourth-order valence-corrected chi connectivity index (χ4v) is 2.03. The first-order valence-corrected chi connectivity index (χ1v) is 5.80. The summed E-state index contributed by atoms with van der Waals surface area (Å²) in [6.45, 7) is 2.38. The van der Waals surface area contributed by atoms with E-state index < -0.39 is 0 Å². The maximum Gasteiger partial charge on any atom is 0.137 e. The van der Waals surface area contributed by atoms with Gasteiger partial charge in [-0.15, -0.1) is 0 Å². The molecule has 0 radical (unpaired) electrons. The average molecular weight is 274 g/mol. The van der Waals surface area contributed by atoms with Gasteiger partial charge in [0.2, 0.25) is 0 Å². The van der Waals surface area contributed by atoms with Crippen molar-refractivity contribution in [2.75, 3.05) is 13.2 Å². The molecule has 2 rings (SSSR count). The summed E-state index contributed by atoms with van der Waals surface area (Å²) in [5, 5.41) is 3.38. The molecule has 0 amide bonds. The summed E-state index contributed by atoms with van der Waals surface area (Å²) >= 11 is 3.17. The number of nitrogens with one attached hydrogen (secondary N) is 1. The predicted molar refractivity (Wildman–Crippen MR) is 60.2 cm³/mol. The zero-order chi connectivity index (χ0) is 10.7. The molecule has 1 atom stereocenters. The van der Waals surface area contributed by atoms with E-state index in [1.807, 2.05) is 0 Å². The summed E-state index contributed by atoms with van der Waals surface area (Å²) in [4.78, 5) is 0. The molecule has 1 aliphatic rings. The Bertz CT molecular complexity index is 339. The molecule has 0 aromatic heterocycles. The number of hydrogen-bond acceptors (Lipinski definition) is 2. The summed E-state index contributed by atoms with van der Waals surface area (Å²) in [6, 6.07) is 5.52. The van der Waals surface area contributed by atoms with Gasteiger partial charge < -0.3 is 10.1 Å². The Hall–Kier alpha value is -0.450. The van der Waals surface area contributed by atoms with Gasteiger partial charge in [-0.25, -0.2) is 4.39 Å². The van der Waals surface area contributed by atoms with Gasteiger partial charge in [0.25, 0.3) is 0 Å². The van der Waals surface area contributed by atoms with Crippen LogP contribution >= 0.6 is 15.9 Å². The van der Waals surface area contributed by atoms with E-state index in [-0.39, 0.29) is 5.82 Å². The Balaban J connectivity index is 1.90. The van der Waals surface area contributed by atoms with E-state index in [1.165, 1.54) is 6.07 Å². The Morgan fingerprint density at radius 2 is 2.40 bits per heavy atom. The molecule has 1 heterocycles. The molecule has 0 bridgehead atoms. The van der Waals surface area contributed by atoms with Gasteiger partial charge in [0.15, 0.2) is 0 Å². The lowest BCUT2D eigenvalue weighted by Gasteiger charge is -2.10. The highest BCUT2D eigenvalue weighted by molar-refractivity contribution is 9.10. The maximum absolute atomic E-state index is 13.0. The lowest BCUT2D eigenvalue weighted by Crippen LogP contribution is -2.28. The van der Waals surface area contributed by atoms with E-state index in [0.29, 0.717) is 10.5 Å². The van der Waals surface area contributed by atoms with E-state index in [2.05, 4.69) is 21.2 Å². The number of hydrogen-bond donors (Lipinski definition) is 1. The molecule has 15 heavy (non-hydrogen) atoms. The van der Waals surface area contributed by atoms with Crippen molar-refractivity contribution in [3.63, 3.8) is 0 Å². The second kappa shape index (κ2) is 5.05. The molecule has 2 nitrogen and oxygen atoms in total. The van der Waals surface area contributed by atoms with Gasteiger partial charge >= 0.3 is 0 Å². The van der Waals surface area contributed by atoms with E-state index in [1.54, 1.807) is 12.1 Å². The van der Waals surface area contributed by atoms with Crippen LogP contribution in [0.2, 0.25) is 0 Å². The van der Waals surface area contributed by atoms with Crippen LogP contribution in [0.3, 0.4) is 0 Å². The molecular formula is C11H13BrFNO. The molecule has 1 N–H and O–H groups in total. The first kappa shape index (κ1) is 11.0. The molecule has 0 spiro atoms. The lowest BCUT2D eigenvalue weighted by atomic mass is 10.2. The zero-order valence-corrected chi connectivity index (χ0v) is 9.89. The van der Waals surface area contributed by atoms with Gasteiger partial charge in [-0.05, 0) is 40.0 Å². The van der Waals surface area contributed by atoms with Crippen molar-refractivity contribution in [3.8, 4) is 0 Å². The molecule has 1 aromatic carbocycles. The van der Waals surface area contributed by atoms with Crippen LogP contribution in [0.25, 0.3) is 0 Å². The van der Waals surface area contributed by atoms with Gasteiger partial charge in [-0.2, -0.15) is 0 Å². The standard InChI is InChI=1S/C11H13BrFNO/c12-10-5-8(1-2-11(10)13)6-14-9-3-4-15-7-9/h1-2,5,9,14H,3-4,6-7H2. The third-order valence-corrected chi connectivity index (χ3v) is 3.12. The van der Waals surface area contributed by atoms with E-state index in [9.17, 15) is 4.39 Å². The summed E-state index contributed by atoms with van der Waals surface area (Å²) in [6.07, 6.45) is 1.06. The third kappa shape index (κ3) is 3.00. The van der Waals surface area contributed by atoms with Crippen LogP contribution in [0, 0.1) is 5.82 Å². The Morgan fingerprint density at radius 3 is 3.07 bits per heavy atom. The SMILES string of the molecule is Fc1ccc(CNC2CCOC2)cc1Br. The largest absolute Gasteiger partial charge is 0.380 e. The van der Waals surface area contributed by atoms with E-state index in [4.69, 9.17) is 4.74 Å². The molecule has 4 heteroatoms. The van der Waals surface area contributed by atoms with Crippen LogP contribution in [0.4, 0.5) is 4.39 Å². The fourth-order valence-electron chi connectivity index (χ4n) is 1.61. The van der Waals surface area contributed by atoms with E-state index >= 15 is 0 Å². The highest BCUT2D eigenvalue weighted by atomic mass is 79.9.